The number of nitrogens with zero attached hydrogens (tertiary/aromatic N) is 3. The fourth-order valence-electron chi connectivity index (χ4n) is 3.63. The van der Waals surface area contributed by atoms with Crippen molar-refractivity contribution in [1.82, 2.24) is 9.88 Å². The number of rotatable bonds is 3. The third kappa shape index (κ3) is 2.47. The van der Waals surface area contributed by atoms with Gasteiger partial charge in [-0.25, -0.2) is 4.98 Å². The summed E-state index contributed by atoms with van der Waals surface area (Å²) >= 11 is 0. The highest BCUT2D eigenvalue weighted by molar-refractivity contribution is 5.38. The van der Waals surface area contributed by atoms with Crippen molar-refractivity contribution >= 4 is 5.82 Å². The van der Waals surface area contributed by atoms with E-state index in [-0.39, 0.29) is 0 Å². The Balaban J connectivity index is 1.63. The molecule has 2 aliphatic rings. The minimum absolute atomic E-state index is 0.302. The van der Waals surface area contributed by atoms with E-state index in [1.807, 2.05) is 12.3 Å². The summed E-state index contributed by atoms with van der Waals surface area (Å²) in [6, 6.07) is 6.14. The third-order valence-electron chi connectivity index (χ3n) is 4.84. The molecule has 1 aromatic rings. The lowest BCUT2D eigenvalue weighted by atomic mass is 9.94. The van der Waals surface area contributed by atoms with Gasteiger partial charge >= 0.3 is 0 Å². The van der Waals surface area contributed by atoms with Crippen LogP contribution in [-0.2, 0) is 0 Å². The van der Waals surface area contributed by atoms with E-state index in [0.717, 1.165) is 38.5 Å². The smallest absolute Gasteiger partial charge is 0.128 e. The maximum atomic E-state index is 6.08. The number of piperazine rings is 1. The average Bonchev–Trinajstić information content (AvgIpc) is 2.98. The number of anilines is 1. The fraction of sp³-hybridized carbons (Fsp3) is 0.667. The Labute approximate surface area is 115 Å². The van der Waals surface area contributed by atoms with Crippen LogP contribution in [0.15, 0.2) is 24.4 Å². The number of hydrogen-bond acceptors (Lipinski definition) is 4. The van der Waals surface area contributed by atoms with Crippen LogP contribution in [0.3, 0.4) is 0 Å². The third-order valence-corrected chi connectivity index (χ3v) is 4.84. The lowest BCUT2D eigenvalue weighted by molar-refractivity contribution is 0.0919. The van der Waals surface area contributed by atoms with Crippen LogP contribution in [0.1, 0.15) is 25.7 Å². The van der Waals surface area contributed by atoms with Crippen LogP contribution < -0.4 is 10.6 Å². The topological polar surface area (TPSA) is 45.4 Å². The van der Waals surface area contributed by atoms with Gasteiger partial charge in [-0.15, -0.1) is 0 Å². The van der Waals surface area contributed by atoms with Gasteiger partial charge in [0, 0.05) is 44.5 Å². The molecule has 1 aliphatic carbocycles. The molecule has 0 spiro atoms. The molecule has 0 atom stereocenters. The Bertz CT molecular complexity index is 392. The van der Waals surface area contributed by atoms with Crippen LogP contribution in [0.5, 0.6) is 0 Å². The van der Waals surface area contributed by atoms with Crippen molar-refractivity contribution in [3.63, 3.8) is 0 Å². The van der Waals surface area contributed by atoms with Gasteiger partial charge in [0.1, 0.15) is 5.82 Å². The molecule has 1 saturated heterocycles. The summed E-state index contributed by atoms with van der Waals surface area (Å²) in [5, 5.41) is 0. The molecule has 0 unspecified atom stereocenters. The molecule has 2 heterocycles. The molecule has 4 heteroatoms. The van der Waals surface area contributed by atoms with Gasteiger partial charge in [0.2, 0.25) is 0 Å². The number of hydrogen-bond donors (Lipinski definition) is 1. The lowest BCUT2D eigenvalue weighted by Gasteiger charge is -2.45. The molecule has 19 heavy (non-hydrogen) atoms. The summed E-state index contributed by atoms with van der Waals surface area (Å²) in [7, 11) is 0. The first kappa shape index (κ1) is 12.9. The molecular formula is C15H24N4. The van der Waals surface area contributed by atoms with Crippen LogP contribution >= 0.6 is 0 Å². The number of nitrogens with two attached hydrogens (primary N) is 1. The van der Waals surface area contributed by atoms with Crippen LogP contribution in [-0.4, -0.2) is 48.1 Å². The lowest BCUT2D eigenvalue weighted by Crippen LogP contribution is -2.59. The average molecular weight is 260 g/mol. The highest BCUT2D eigenvalue weighted by Gasteiger charge is 2.39. The van der Waals surface area contributed by atoms with Crippen LogP contribution in [0.4, 0.5) is 5.82 Å². The predicted molar refractivity (Wildman–Crippen MR) is 78.3 cm³/mol. The summed E-state index contributed by atoms with van der Waals surface area (Å²) in [4.78, 5) is 9.47. The highest BCUT2D eigenvalue weighted by Crippen LogP contribution is 2.35. The second kappa shape index (κ2) is 5.47. The zero-order chi connectivity index (χ0) is 13.1. The van der Waals surface area contributed by atoms with E-state index in [1.165, 1.54) is 25.7 Å². The number of aromatic nitrogens is 1. The van der Waals surface area contributed by atoms with Crippen molar-refractivity contribution in [2.75, 3.05) is 37.6 Å². The summed E-state index contributed by atoms with van der Waals surface area (Å²) in [5.74, 6) is 1.11. The minimum Gasteiger partial charge on any atom is -0.354 e. The Kier molecular flexibility index (Phi) is 3.71. The van der Waals surface area contributed by atoms with Gasteiger partial charge in [-0.05, 0) is 25.0 Å². The van der Waals surface area contributed by atoms with E-state index in [2.05, 4.69) is 26.9 Å². The highest BCUT2D eigenvalue weighted by atomic mass is 15.3. The van der Waals surface area contributed by atoms with E-state index in [1.54, 1.807) is 0 Å². The molecule has 1 aliphatic heterocycles. The summed E-state index contributed by atoms with van der Waals surface area (Å²) in [6.45, 7) is 5.19. The first-order valence-electron chi connectivity index (χ1n) is 7.45. The Morgan fingerprint density at radius 1 is 1.11 bits per heavy atom. The molecule has 0 aromatic carbocycles. The standard InChI is InChI=1S/C15H24N4/c16-13-15(6-2-3-7-15)19-11-9-18(10-12-19)14-5-1-4-8-17-14/h1,4-5,8H,2-3,6-7,9-13,16H2. The van der Waals surface area contributed by atoms with E-state index < -0.39 is 0 Å². The van der Waals surface area contributed by atoms with Crippen molar-refractivity contribution in [2.45, 2.75) is 31.2 Å². The van der Waals surface area contributed by atoms with E-state index in [4.69, 9.17) is 5.73 Å². The van der Waals surface area contributed by atoms with Gasteiger partial charge < -0.3 is 10.6 Å². The van der Waals surface area contributed by atoms with Gasteiger partial charge in [0.05, 0.1) is 0 Å². The molecule has 1 saturated carbocycles. The Morgan fingerprint density at radius 2 is 1.84 bits per heavy atom. The SMILES string of the molecule is NCC1(N2CCN(c3ccccn3)CC2)CCCC1. The first-order valence-corrected chi connectivity index (χ1v) is 7.45. The van der Waals surface area contributed by atoms with Gasteiger partial charge in [-0.2, -0.15) is 0 Å². The predicted octanol–water partition coefficient (Wildman–Crippen LogP) is 1.48. The van der Waals surface area contributed by atoms with Gasteiger partial charge in [-0.3, -0.25) is 4.90 Å². The molecule has 2 N–H and O–H groups in total. The van der Waals surface area contributed by atoms with Gasteiger partial charge in [-0.1, -0.05) is 18.9 Å². The van der Waals surface area contributed by atoms with E-state index in [0.29, 0.717) is 5.54 Å². The van der Waals surface area contributed by atoms with E-state index in [9.17, 15) is 0 Å². The molecule has 4 nitrogen and oxygen atoms in total. The normalized spacial score (nSPS) is 23.7. The van der Waals surface area contributed by atoms with Crippen molar-refractivity contribution in [1.29, 1.82) is 0 Å². The second-order valence-electron chi connectivity index (χ2n) is 5.80. The molecule has 2 fully saturated rings. The maximum absolute atomic E-state index is 6.08. The van der Waals surface area contributed by atoms with Crippen molar-refractivity contribution < 1.29 is 0 Å². The van der Waals surface area contributed by atoms with Crippen LogP contribution in [0, 0.1) is 0 Å². The van der Waals surface area contributed by atoms with Crippen molar-refractivity contribution in [3.8, 4) is 0 Å². The monoisotopic (exact) mass is 260 g/mol. The molecule has 104 valence electrons. The summed E-state index contributed by atoms with van der Waals surface area (Å²) in [5.41, 5.74) is 6.38. The fourth-order valence-corrected chi connectivity index (χ4v) is 3.63. The van der Waals surface area contributed by atoms with Crippen molar-refractivity contribution in [3.05, 3.63) is 24.4 Å². The minimum atomic E-state index is 0.302. The quantitative estimate of drug-likeness (QED) is 0.894. The largest absolute Gasteiger partial charge is 0.354 e. The maximum Gasteiger partial charge on any atom is 0.128 e. The Hall–Kier alpha value is -1.13. The molecule has 0 bridgehead atoms. The zero-order valence-corrected chi connectivity index (χ0v) is 11.6. The van der Waals surface area contributed by atoms with Crippen LogP contribution in [0.25, 0.3) is 0 Å². The first-order chi connectivity index (χ1) is 9.34. The van der Waals surface area contributed by atoms with Crippen LogP contribution in [0.2, 0.25) is 0 Å². The Morgan fingerprint density at radius 3 is 2.42 bits per heavy atom. The van der Waals surface area contributed by atoms with Crippen molar-refractivity contribution in [2.24, 2.45) is 5.73 Å². The van der Waals surface area contributed by atoms with Gasteiger partial charge in [0.25, 0.3) is 0 Å². The summed E-state index contributed by atoms with van der Waals surface area (Å²) < 4.78 is 0. The summed E-state index contributed by atoms with van der Waals surface area (Å²) in [6.07, 6.45) is 7.13. The zero-order valence-electron chi connectivity index (χ0n) is 11.6. The van der Waals surface area contributed by atoms with Gasteiger partial charge in [0.15, 0.2) is 0 Å². The molecule has 0 radical (unpaired) electrons. The molecule has 0 amide bonds. The molecule has 1 aromatic heterocycles. The molecular weight excluding hydrogens is 236 g/mol. The molecule has 3 rings (SSSR count). The van der Waals surface area contributed by atoms with E-state index >= 15 is 0 Å². The second-order valence-corrected chi connectivity index (χ2v) is 5.80. The number of pyridine rings is 1.